The summed E-state index contributed by atoms with van der Waals surface area (Å²) in [6, 6.07) is 0. The first-order valence-electron chi connectivity index (χ1n) is 12.5. The van der Waals surface area contributed by atoms with Gasteiger partial charge in [0.1, 0.15) is 0 Å². The van der Waals surface area contributed by atoms with Gasteiger partial charge in [-0.15, -0.1) is 0 Å². The molecule has 2 rings (SSSR count). The molecule has 0 amide bonds. The minimum absolute atomic E-state index is 0.0325. The maximum Gasteiger partial charge on any atom is 0.339 e. The summed E-state index contributed by atoms with van der Waals surface area (Å²) in [5.41, 5.74) is 0.324. The number of dihydropyridines is 1. The minimum atomic E-state index is -0.730. The highest BCUT2D eigenvalue weighted by Crippen LogP contribution is 2.42. The summed E-state index contributed by atoms with van der Waals surface area (Å²) in [4.78, 5) is 50.6. The molecule has 1 N–H and O–H groups in total. The number of hydrogen-bond acceptors (Lipinski definition) is 9. The van der Waals surface area contributed by atoms with Gasteiger partial charge in [0.15, 0.2) is 0 Å². The Morgan fingerprint density at radius 1 is 0.694 bits per heavy atom. The molecular weight excluding hydrogens is 466 g/mol. The van der Waals surface area contributed by atoms with E-state index >= 15 is 0 Å². The zero-order valence-electron chi connectivity index (χ0n) is 22.9. The van der Waals surface area contributed by atoms with Crippen LogP contribution in [0.2, 0.25) is 0 Å². The standard InChI is InChI=1S/C27H41NO8/c1-16-19(22(29)33-14-35-24(31)26(3,4)5)21(18-12-10-9-11-13-18)20(17(2)28-16)23(30)34-15-36-25(32)27(6,7)8/h18,21,28H,9-15H2,1-8H3. The molecule has 2 aliphatic rings. The molecule has 36 heavy (non-hydrogen) atoms. The van der Waals surface area contributed by atoms with Crippen molar-refractivity contribution < 1.29 is 38.1 Å². The molecule has 0 radical (unpaired) electrons. The number of rotatable bonds is 7. The topological polar surface area (TPSA) is 117 Å². The van der Waals surface area contributed by atoms with Gasteiger partial charge in [0, 0.05) is 17.3 Å². The summed E-state index contributed by atoms with van der Waals surface area (Å²) in [7, 11) is 0. The molecule has 1 saturated carbocycles. The van der Waals surface area contributed by atoms with E-state index < -0.39 is 54.2 Å². The molecule has 1 aliphatic heterocycles. The first-order valence-corrected chi connectivity index (χ1v) is 12.5. The van der Waals surface area contributed by atoms with Gasteiger partial charge in [0.2, 0.25) is 13.6 Å². The van der Waals surface area contributed by atoms with Gasteiger partial charge in [-0.05, 0) is 74.1 Å². The van der Waals surface area contributed by atoms with E-state index in [0.717, 1.165) is 32.1 Å². The van der Waals surface area contributed by atoms with Gasteiger partial charge in [-0.3, -0.25) is 9.59 Å². The molecule has 0 aromatic carbocycles. The third-order valence-corrected chi connectivity index (χ3v) is 6.35. The van der Waals surface area contributed by atoms with E-state index in [-0.39, 0.29) is 5.92 Å². The maximum absolute atomic E-state index is 13.2. The molecule has 0 aromatic heterocycles. The molecule has 1 fully saturated rings. The van der Waals surface area contributed by atoms with Crippen molar-refractivity contribution in [2.75, 3.05) is 13.6 Å². The van der Waals surface area contributed by atoms with Crippen LogP contribution >= 0.6 is 0 Å². The highest BCUT2D eigenvalue weighted by molar-refractivity contribution is 5.98. The largest absolute Gasteiger partial charge is 0.427 e. The molecule has 0 spiro atoms. The third kappa shape index (κ3) is 7.58. The summed E-state index contributed by atoms with van der Waals surface area (Å²) in [6.07, 6.45) is 4.76. The molecule has 0 aromatic rings. The molecule has 0 atom stereocenters. The van der Waals surface area contributed by atoms with Gasteiger partial charge in [-0.1, -0.05) is 19.3 Å². The number of carbonyl (C=O) groups is 4. The zero-order chi connectivity index (χ0) is 27.3. The van der Waals surface area contributed by atoms with Crippen LogP contribution in [0, 0.1) is 22.7 Å². The summed E-state index contributed by atoms with van der Waals surface area (Å²) in [5.74, 6) is -2.82. The van der Waals surface area contributed by atoms with E-state index in [1.54, 1.807) is 55.4 Å². The molecule has 202 valence electrons. The first kappa shape index (κ1) is 29.4. The van der Waals surface area contributed by atoms with Crippen molar-refractivity contribution in [3.63, 3.8) is 0 Å². The Labute approximate surface area is 213 Å². The SMILES string of the molecule is CC1=C(C(=O)OCOC(=O)C(C)(C)C)C(C2CCCCC2)C(C(=O)OCOC(=O)C(C)(C)C)=C(C)N1. The predicted molar refractivity (Wildman–Crippen MR) is 132 cm³/mol. The zero-order valence-corrected chi connectivity index (χ0v) is 22.9. The lowest BCUT2D eigenvalue weighted by molar-refractivity contribution is -0.172. The Morgan fingerprint density at radius 2 is 1.08 bits per heavy atom. The average Bonchev–Trinajstić information content (AvgIpc) is 2.77. The quantitative estimate of drug-likeness (QED) is 0.392. The van der Waals surface area contributed by atoms with Crippen LogP contribution < -0.4 is 5.32 Å². The van der Waals surface area contributed by atoms with E-state index in [1.807, 2.05) is 0 Å². The Hall–Kier alpha value is -2.84. The lowest BCUT2D eigenvalue weighted by Gasteiger charge is -2.36. The summed E-state index contributed by atoms with van der Waals surface area (Å²) < 4.78 is 20.9. The van der Waals surface area contributed by atoms with Gasteiger partial charge in [0.25, 0.3) is 0 Å². The van der Waals surface area contributed by atoms with E-state index in [2.05, 4.69) is 5.32 Å². The van der Waals surface area contributed by atoms with E-state index in [9.17, 15) is 19.2 Å². The number of nitrogens with one attached hydrogen (secondary N) is 1. The minimum Gasteiger partial charge on any atom is -0.427 e. The van der Waals surface area contributed by atoms with Crippen LogP contribution in [-0.2, 0) is 38.1 Å². The highest BCUT2D eigenvalue weighted by atomic mass is 16.7. The van der Waals surface area contributed by atoms with Gasteiger partial charge >= 0.3 is 23.9 Å². The van der Waals surface area contributed by atoms with Gasteiger partial charge in [0.05, 0.1) is 22.0 Å². The van der Waals surface area contributed by atoms with Gasteiger partial charge in [-0.2, -0.15) is 0 Å². The fourth-order valence-corrected chi connectivity index (χ4v) is 4.39. The van der Waals surface area contributed by atoms with Crippen LogP contribution in [0.25, 0.3) is 0 Å². The number of carbonyl (C=O) groups excluding carboxylic acids is 4. The maximum atomic E-state index is 13.2. The van der Waals surface area contributed by atoms with Gasteiger partial charge < -0.3 is 24.3 Å². The summed E-state index contributed by atoms with van der Waals surface area (Å²) in [5, 5.41) is 3.10. The predicted octanol–water partition coefficient (Wildman–Crippen LogP) is 4.51. The number of hydrogen-bond donors (Lipinski definition) is 1. The monoisotopic (exact) mass is 507 g/mol. The van der Waals surface area contributed by atoms with Crippen molar-refractivity contribution in [2.45, 2.75) is 87.5 Å². The van der Waals surface area contributed by atoms with Crippen molar-refractivity contribution in [1.29, 1.82) is 0 Å². The molecule has 1 aliphatic carbocycles. The highest BCUT2D eigenvalue weighted by Gasteiger charge is 2.42. The van der Waals surface area contributed by atoms with Crippen LogP contribution in [0.15, 0.2) is 22.5 Å². The Balaban J connectivity index is 2.24. The second kappa shape index (κ2) is 11.9. The molecule has 1 heterocycles. The number of allylic oxidation sites excluding steroid dienone is 2. The Bertz CT molecular complexity index is 860. The molecular formula is C27H41NO8. The van der Waals surface area contributed by atoms with Crippen LogP contribution in [0.4, 0.5) is 0 Å². The van der Waals surface area contributed by atoms with Crippen LogP contribution in [-0.4, -0.2) is 37.5 Å². The number of ether oxygens (including phenoxy) is 4. The summed E-state index contributed by atoms with van der Waals surface area (Å²) in [6.45, 7) is 12.7. The van der Waals surface area contributed by atoms with Crippen LogP contribution in [0.5, 0.6) is 0 Å². The Morgan fingerprint density at radius 3 is 1.44 bits per heavy atom. The van der Waals surface area contributed by atoms with E-state index in [1.165, 1.54) is 0 Å². The smallest absolute Gasteiger partial charge is 0.339 e. The molecule has 0 bridgehead atoms. The van der Waals surface area contributed by atoms with E-state index in [0.29, 0.717) is 22.5 Å². The molecule has 0 saturated heterocycles. The van der Waals surface area contributed by atoms with Crippen molar-refractivity contribution in [3.8, 4) is 0 Å². The second-order valence-corrected chi connectivity index (χ2v) is 11.5. The third-order valence-electron chi connectivity index (χ3n) is 6.35. The van der Waals surface area contributed by atoms with Crippen molar-refractivity contribution in [2.24, 2.45) is 22.7 Å². The molecule has 9 nitrogen and oxygen atoms in total. The normalized spacial score (nSPS) is 17.9. The van der Waals surface area contributed by atoms with Crippen molar-refractivity contribution >= 4 is 23.9 Å². The first-order chi connectivity index (χ1) is 16.6. The van der Waals surface area contributed by atoms with E-state index in [4.69, 9.17) is 18.9 Å². The fourth-order valence-electron chi connectivity index (χ4n) is 4.39. The second-order valence-electron chi connectivity index (χ2n) is 11.5. The van der Waals surface area contributed by atoms with Crippen LogP contribution in [0.1, 0.15) is 87.5 Å². The van der Waals surface area contributed by atoms with Gasteiger partial charge in [-0.25, -0.2) is 9.59 Å². The molecule has 0 unspecified atom stereocenters. The Kier molecular flexibility index (Phi) is 9.74. The van der Waals surface area contributed by atoms with Crippen molar-refractivity contribution in [3.05, 3.63) is 22.5 Å². The lowest BCUT2D eigenvalue weighted by atomic mass is 9.71. The van der Waals surface area contributed by atoms with Crippen molar-refractivity contribution in [1.82, 2.24) is 5.32 Å². The summed E-state index contributed by atoms with van der Waals surface area (Å²) >= 11 is 0. The van der Waals surface area contributed by atoms with Crippen LogP contribution in [0.3, 0.4) is 0 Å². The number of esters is 4. The average molecular weight is 508 g/mol. The fraction of sp³-hybridized carbons (Fsp3) is 0.704. The molecule has 9 heteroatoms. The lowest BCUT2D eigenvalue weighted by Crippen LogP contribution is -2.38.